The summed E-state index contributed by atoms with van der Waals surface area (Å²) in [6, 6.07) is 10.8. The van der Waals surface area contributed by atoms with E-state index in [-0.39, 0.29) is 5.41 Å². The second-order valence-electron chi connectivity index (χ2n) is 6.15. The van der Waals surface area contributed by atoms with E-state index in [0.717, 1.165) is 16.0 Å². The fraction of sp³-hybridized carbons (Fsp3) is 0.353. The summed E-state index contributed by atoms with van der Waals surface area (Å²) >= 11 is 3.49. The maximum atomic E-state index is 4.47. The number of benzene rings is 1. The van der Waals surface area contributed by atoms with Gasteiger partial charge in [-0.1, -0.05) is 32.9 Å². The summed E-state index contributed by atoms with van der Waals surface area (Å²) < 4.78 is 1.04. The van der Waals surface area contributed by atoms with Crippen LogP contribution in [0.4, 0.5) is 11.5 Å². The molecule has 20 heavy (non-hydrogen) atoms. The molecule has 0 fully saturated rings. The first-order valence-electron chi connectivity index (χ1n) is 6.75. The van der Waals surface area contributed by atoms with E-state index in [1.165, 1.54) is 11.1 Å². The Bertz CT molecular complexity index is 597. The Morgan fingerprint density at radius 1 is 1.10 bits per heavy atom. The number of aryl methyl sites for hydroxylation is 1. The van der Waals surface area contributed by atoms with Gasteiger partial charge in [-0.05, 0) is 57.6 Å². The van der Waals surface area contributed by atoms with Crippen molar-refractivity contribution in [1.82, 2.24) is 4.98 Å². The highest BCUT2D eigenvalue weighted by molar-refractivity contribution is 9.10. The van der Waals surface area contributed by atoms with Gasteiger partial charge >= 0.3 is 0 Å². The molecule has 0 spiro atoms. The number of hydrogen-bond donors (Lipinski definition) is 0. The molecule has 1 aromatic heterocycles. The second kappa shape index (κ2) is 5.57. The van der Waals surface area contributed by atoms with Crippen molar-refractivity contribution >= 4 is 27.4 Å². The zero-order valence-corrected chi connectivity index (χ0v) is 14.3. The number of hydrogen-bond acceptors (Lipinski definition) is 2. The molecule has 1 heterocycles. The molecular formula is C17H21BrN2. The van der Waals surface area contributed by atoms with Crippen molar-refractivity contribution in [3.63, 3.8) is 0 Å². The third-order valence-electron chi connectivity index (χ3n) is 3.50. The molecule has 0 aliphatic carbocycles. The molecule has 0 bridgehead atoms. The molecule has 3 heteroatoms. The first kappa shape index (κ1) is 15.0. The molecule has 0 N–H and O–H groups in total. The molecule has 0 saturated carbocycles. The lowest BCUT2D eigenvalue weighted by atomic mass is 9.87. The predicted molar refractivity (Wildman–Crippen MR) is 89.9 cm³/mol. The molecule has 0 atom stereocenters. The van der Waals surface area contributed by atoms with Gasteiger partial charge in [0.15, 0.2) is 0 Å². The molecule has 0 aliphatic heterocycles. The maximum absolute atomic E-state index is 4.47. The summed E-state index contributed by atoms with van der Waals surface area (Å²) in [7, 11) is 2.04. The zero-order valence-electron chi connectivity index (χ0n) is 12.7. The van der Waals surface area contributed by atoms with Crippen LogP contribution in [0.3, 0.4) is 0 Å². The minimum atomic E-state index is 0.184. The fourth-order valence-corrected chi connectivity index (χ4v) is 2.24. The van der Waals surface area contributed by atoms with Gasteiger partial charge in [0, 0.05) is 23.4 Å². The van der Waals surface area contributed by atoms with E-state index in [1.54, 1.807) is 0 Å². The van der Waals surface area contributed by atoms with Crippen LogP contribution in [0.25, 0.3) is 0 Å². The van der Waals surface area contributed by atoms with Crippen molar-refractivity contribution in [1.29, 1.82) is 0 Å². The normalized spacial score (nSPS) is 11.5. The van der Waals surface area contributed by atoms with E-state index >= 15 is 0 Å². The first-order valence-corrected chi connectivity index (χ1v) is 7.55. The average molecular weight is 333 g/mol. The van der Waals surface area contributed by atoms with Crippen LogP contribution in [0.15, 0.2) is 41.0 Å². The van der Waals surface area contributed by atoms with Crippen LogP contribution < -0.4 is 4.90 Å². The summed E-state index contributed by atoms with van der Waals surface area (Å²) in [5, 5.41) is 0. The summed E-state index contributed by atoms with van der Waals surface area (Å²) in [5.74, 6) is 0.953. The Labute approximate surface area is 130 Å². The standard InChI is InChI=1S/C17H21BrN2/c1-12-10-16(19-11-15(12)18)20(5)14-8-6-13(7-9-14)17(2,3)4/h6-11H,1-5H3. The number of halogens is 1. The van der Waals surface area contributed by atoms with Gasteiger partial charge in [0.25, 0.3) is 0 Å². The lowest BCUT2D eigenvalue weighted by Gasteiger charge is -2.22. The number of pyridine rings is 1. The van der Waals surface area contributed by atoms with Gasteiger partial charge in [0.05, 0.1) is 0 Å². The largest absolute Gasteiger partial charge is 0.329 e. The Balaban J connectivity index is 2.29. The highest BCUT2D eigenvalue weighted by atomic mass is 79.9. The van der Waals surface area contributed by atoms with E-state index in [2.05, 4.69) is 83.8 Å². The highest BCUT2D eigenvalue weighted by Gasteiger charge is 2.14. The Morgan fingerprint density at radius 3 is 2.20 bits per heavy atom. The summed E-state index contributed by atoms with van der Waals surface area (Å²) in [6.45, 7) is 8.76. The molecular weight excluding hydrogens is 312 g/mol. The number of nitrogens with zero attached hydrogens (tertiary/aromatic N) is 2. The molecule has 0 radical (unpaired) electrons. The van der Waals surface area contributed by atoms with Gasteiger partial charge in [0.1, 0.15) is 5.82 Å². The molecule has 1 aromatic carbocycles. The van der Waals surface area contributed by atoms with Crippen LogP contribution in [-0.4, -0.2) is 12.0 Å². The van der Waals surface area contributed by atoms with Crippen molar-refractivity contribution in [2.45, 2.75) is 33.1 Å². The van der Waals surface area contributed by atoms with Gasteiger partial charge < -0.3 is 4.90 Å². The topological polar surface area (TPSA) is 16.1 Å². The molecule has 0 aliphatic rings. The van der Waals surface area contributed by atoms with Crippen LogP contribution >= 0.6 is 15.9 Å². The van der Waals surface area contributed by atoms with Crippen molar-refractivity contribution in [2.24, 2.45) is 0 Å². The lowest BCUT2D eigenvalue weighted by molar-refractivity contribution is 0.590. The maximum Gasteiger partial charge on any atom is 0.132 e. The number of rotatable bonds is 2. The van der Waals surface area contributed by atoms with Crippen molar-refractivity contribution in [3.8, 4) is 0 Å². The molecule has 0 saturated heterocycles. The van der Waals surface area contributed by atoms with Gasteiger partial charge in [-0.15, -0.1) is 0 Å². The van der Waals surface area contributed by atoms with Gasteiger partial charge in [-0.3, -0.25) is 0 Å². The second-order valence-corrected chi connectivity index (χ2v) is 7.00. The van der Waals surface area contributed by atoms with E-state index in [9.17, 15) is 0 Å². The minimum Gasteiger partial charge on any atom is -0.329 e. The van der Waals surface area contributed by atoms with E-state index < -0.39 is 0 Å². The van der Waals surface area contributed by atoms with E-state index in [0.29, 0.717) is 0 Å². The quantitative estimate of drug-likeness (QED) is 0.749. The monoisotopic (exact) mass is 332 g/mol. The SMILES string of the molecule is Cc1cc(N(C)c2ccc(C(C)(C)C)cc2)ncc1Br. The fourth-order valence-electron chi connectivity index (χ4n) is 2.03. The lowest BCUT2D eigenvalue weighted by Crippen LogP contribution is -2.13. The van der Waals surface area contributed by atoms with Gasteiger partial charge in [-0.25, -0.2) is 4.98 Å². The third-order valence-corrected chi connectivity index (χ3v) is 4.33. The Kier molecular flexibility index (Phi) is 4.19. The zero-order chi connectivity index (χ0) is 14.9. The minimum absolute atomic E-state index is 0.184. The molecule has 2 rings (SSSR count). The van der Waals surface area contributed by atoms with Gasteiger partial charge in [0.2, 0.25) is 0 Å². The number of aromatic nitrogens is 1. The van der Waals surface area contributed by atoms with Gasteiger partial charge in [-0.2, -0.15) is 0 Å². The summed E-state index contributed by atoms with van der Waals surface area (Å²) in [5.41, 5.74) is 3.86. The third kappa shape index (κ3) is 3.21. The Hall–Kier alpha value is -1.35. The smallest absolute Gasteiger partial charge is 0.132 e. The summed E-state index contributed by atoms with van der Waals surface area (Å²) in [4.78, 5) is 6.57. The molecule has 2 nitrogen and oxygen atoms in total. The highest BCUT2D eigenvalue weighted by Crippen LogP contribution is 2.28. The average Bonchev–Trinajstić information content (AvgIpc) is 2.40. The first-order chi connectivity index (χ1) is 9.29. The Morgan fingerprint density at radius 2 is 1.70 bits per heavy atom. The summed E-state index contributed by atoms with van der Waals surface area (Å²) in [6.07, 6.45) is 1.85. The van der Waals surface area contributed by atoms with Crippen molar-refractivity contribution < 1.29 is 0 Å². The van der Waals surface area contributed by atoms with Crippen LogP contribution in [0.5, 0.6) is 0 Å². The van der Waals surface area contributed by atoms with E-state index in [1.807, 2.05) is 13.2 Å². The molecule has 2 aromatic rings. The van der Waals surface area contributed by atoms with Crippen LogP contribution in [0.2, 0.25) is 0 Å². The van der Waals surface area contributed by atoms with Crippen molar-refractivity contribution in [3.05, 3.63) is 52.1 Å². The molecule has 0 amide bonds. The van der Waals surface area contributed by atoms with E-state index in [4.69, 9.17) is 0 Å². The molecule has 0 unspecified atom stereocenters. The predicted octanol–water partition coefficient (Wildman–Crippen LogP) is 5.22. The van der Waals surface area contributed by atoms with Crippen LogP contribution in [0, 0.1) is 6.92 Å². The number of anilines is 2. The molecule has 106 valence electrons. The van der Waals surface area contributed by atoms with Crippen LogP contribution in [-0.2, 0) is 5.41 Å². The van der Waals surface area contributed by atoms with Crippen LogP contribution in [0.1, 0.15) is 31.9 Å². The van der Waals surface area contributed by atoms with Crippen molar-refractivity contribution in [2.75, 3.05) is 11.9 Å².